The second-order valence-corrected chi connectivity index (χ2v) is 26.1. The van der Waals surface area contributed by atoms with Gasteiger partial charge < -0.3 is 69.8 Å². The summed E-state index contributed by atoms with van der Waals surface area (Å²) in [7, 11) is 0. The predicted molar refractivity (Wildman–Crippen MR) is 290 cm³/mol. The topological polar surface area (TPSA) is 259 Å². The number of rotatable bonds is 6. The molecule has 0 aliphatic rings. The third-order valence-corrected chi connectivity index (χ3v) is 10.6. The smallest absolute Gasteiger partial charge is 0.873 e. The molecule has 2 aromatic carbocycles. The maximum Gasteiger partial charge on any atom is 3.00 e. The van der Waals surface area contributed by atoms with Gasteiger partial charge in [0.1, 0.15) is 0 Å². The van der Waals surface area contributed by atoms with Gasteiger partial charge in [0, 0.05) is 45.5 Å². The number of nitrogens with zero attached hydrogens (tertiary/aromatic N) is 2. The van der Waals surface area contributed by atoms with Gasteiger partial charge in [0.2, 0.25) is 0 Å². The molecule has 0 saturated heterocycles. The van der Waals surface area contributed by atoms with Crippen molar-refractivity contribution in [2.75, 3.05) is 39.3 Å². The Bertz CT molecular complexity index is 1730. The number of carboxylic acid groups (broad SMARTS) is 4. The quantitative estimate of drug-likeness (QED) is 0.293. The van der Waals surface area contributed by atoms with E-state index in [-0.39, 0.29) is 83.5 Å². The van der Waals surface area contributed by atoms with Crippen LogP contribution < -0.4 is 40.9 Å². The van der Waals surface area contributed by atoms with Gasteiger partial charge in [0.05, 0.1) is 0 Å². The molecule has 17 heteroatoms. The van der Waals surface area contributed by atoms with Crippen molar-refractivity contribution < 1.29 is 110 Å². The van der Waals surface area contributed by atoms with E-state index in [1.54, 1.807) is 83.1 Å². The molecule has 0 fully saturated rings. The maximum atomic E-state index is 11.8. The molecule has 0 aliphatic carbocycles. The molecule has 0 N–H and O–H groups in total. The molecular weight excluding hydrogens is 1120 g/mol. The minimum Gasteiger partial charge on any atom is -0.873 e. The number of aliphatic carboxylic acids is 4. The largest absolute Gasteiger partial charge is 3.00 e. The van der Waals surface area contributed by atoms with Crippen LogP contribution in [0.15, 0.2) is 24.3 Å². The molecule has 0 saturated carbocycles. The van der Waals surface area contributed by atoms with Crippen molar-refractivity contribution in [3.05, 3.63) is 46.5 Å². The normalized spacial score (nSPS) is 11.3. The maximum absolute atomic E-state index is 11.8. The number of carbonyl (C=O) groups excluding carboxylic acids is 4. The van der Waals surface area contributed by atoms with Crippen LogP contribution in [0.25, 0.3) is 0 Å². The summed E-state index contributed by atoms with van der Waals surface area (Å²) in [6, 6.07) is 6.70. The molecule has 0 atom stereocenters. The fraction of sp³-hybridized carbons (Fsp3) is 0.733. The SMILES string of the molecule is CC(C)(C)C(=O)[O-].CC(C)(C)C(=O)[O-].CC(C)(C)C(=O)[O-].CC(C)(C)C(=O)[O-].CC(C)(C)c1cc([O-])c([O-])c(C(C)(C)C)c1.CC(C)(C)c1cc([O-])c([O-])c(C(C)(C)C)c1.CCN(CC)CC.CCN(CC)CC.[Co+3].[Co+3].[Co+3]. The van der Waals surface area contributed by atoms with Crippen molar-refractivity contribution in [1.82, 2.24) is 9.80 Å². The van der Waals surface area contributed by atoms with E-state index in [1.165, 1.54) is 51.4 Å². The van der Waals surface area contributed by atoms with Gasteiger partial charge in [0.15, 0.2) is 0 Å². The van der Waals surface area contributed by atoms with Crippen LogP contribution in [0.1, 0.15) is 230 Å². The first-order valence-corrected chi connectivity index (χ1v) is 25.9. The van der Waals surface area contributed by atoms with Crippen LogP contribution in [0.5, 0.6) is 23.0 Å². The molecule has 77 heavy (non-hydrogen) atoms. The molecule has 14 nitrogen and oxygen atoms in total. The van der Waals surface area contributed by atoms with Gasteiger partial charge in [-0.2, -0.15) is 0 Å². The van der Waals surface area contributed by atoms with Gasteiger partial charge in [-0.05, 0) is 72.1 Å². The third kappa shape index (κ3) is 46.4. The molecule has 0 aromatic heterocycles. The zero-order chi connectivity index (χ0) is 61.2. The minimum absolute atomic E-state index is 0. The van der Waals surface area contributed by atoms with Gasteiger partial charge in [0.25, 0.3) is 0 Å². The van der Waals surface area contributed by atoms with Gasteiger partial charge in [-0.25, -0.2) is 0 Å². The summed E-state index contributed by atoms with van der Waals surface area (Å²) in [6.07, 6.45) is 0. The monoisotopic (exact) mass is 1220 g/mol. The number of hydrogen-bond donors (Lipinski definition) is 0. The number of carbonyl (C=O) groups is 4. The van der Waals surface area contributed by atoms with Crippen molar-refractivity contribution in [3.8, 4) is 23.0 Å². The molecule has 0 spiro atoms. The standard InChI is InChI=1S/2C14H22O2.2C6H15N.4C5H10O2.3Co/c2*1-13(2,3)9-7-10(14(4,5)6)12(16)11(15)8-9;2*1-4-7(5-2)6-3;4*1-5(2,3)4(6)7;;;/h2*7-8,15-16H,1-6H3;2*4-6H2,1-3H3;4*1-3H3,(H,6,7);;;/q;;;;;;;;3*+3/p-8. The second kappa shape index (κ2) is 40.2. The Morgan fingerprint density at radius 2 is 0.468 bits per heavy atom. The van der Waals surface area contributed by atoms with Crippen molar-refractivity contribution in [2.45, 2.75) is 229 Å². The summed E-state index contributed by atoms with van der Waals surface area (Å²) >= 11 is 0. The van der Waals surface area contributed by atoms with Gasteiger partial charge in [-0.1, -0.05) is 243 Å². The molecule has 0 radical (unpaired) electrons. The zero-order valence-corrected chi connectivity index (χ0v) is 56.5. The number of benzene rings is 2. The van der Waals surface area contributed by atoms with Crippen molar-refractivity contribution >= 4 is 23.9 Å². The van der Waals surface area contributed by atoms with Crippen LogP contribution in [-0.4, -0.2) is 72.9 Å². The van der Waals surface area contributed by atoms with Crippen LogP contribution >= 0.6 is 0 Å². The van der Waals surface area contributed by atoms with E-state index in [1.807, 2.05) is 95.2 Å². The third-order valence-electron chi connectivity index (χ3n) is 10.6. The Morgan fingerprint density at radius 3 is 0.545 bits per heavy atom. The molecule has 0 heterocycles. The summed E-state index contributed by atoms with van der Waals surface area (Å²) in [5, 5.41) is 86.5. The average molecular weight is 1220 g/mol. The van der Waals surface area contributed by atoms with E-state index in [0.29, 0.717) is 11.1 Å². The van der Waals surface area contributed by atoms with E-state index < -0.39 is 57.0 Å². The van der Waals surface area contributed by atoms with Crippen LogP contribution in [-0.2, 0) is 91.2 Å². The molecule has 2 aromatic rings. The molecule has 0 unspecified atom stereocenters. The first-order chi connectivity index (χ1) is 32.5. The average Bonchev–Trinajstić information content (AvgIpc) is 3.19. The summed E-state index contributed by atoms with van der Waals surface area (Å²) in [6.45, 7) is 63.4. The van der Waals surface area contributed by atoms with Crippen molar-refractivity contribution in [1.29, 1.82) is 0 Å². The van der Waals surface area contributed by atoms with Crippen LogP contribution in [0.3, 0.4) is 0 Å². The van der Waals surface area contributed by atoms with Gasteiger partial charge in [-0.3, -0.25) is 0 Å². The molecule has 0 bridgehead atoms. The molecular formula is C60H106Co3N2O12+. The fourth-order valence-corrected chi connectivity index (χ4v) is 4.53. The Balaban J connectivity index is -0.000000101. The minimum atomic E-state index is -1.01. The Labute approximate surface area is 501 Å². The first kappa shape index (κ1) is 93.3. The fourth-order valence-electron chi connectivity index (χ4n) is 4.53. The van der Waals surface area contributed by atoms with E-state index in [9.17, 15) is 60.0 Å². The summed E-state index contributed by atoms with van der Waals surface area (Å²) in [5.74, 6) is -5.53. The van der Waals surface area contributed by atoms with Crippen molar-refractivity contribution in [2.24, 2.45) is 21.7 Å². The van der Waals surface area contributed by atoms with E-state index in [0.717, 1.165) is 11.1 Å². The van der Waals surface area contributed by atoms with Gasteiger partial charge in [-0.15, -0.1) is 23.0 Å². The molecule has 454 valence electrons. The Morgan fingerprint density at radius 1 is 0.325 bits per heavy atom. The summed E-state index contributed by atoms with van der Waals surface area (Å²) in [4.78, 5) is 44.4. The predicted octanol–water partition coefficient (Wildman–Crippen LogP) is 6.68. The zero-order valence-electron chi connectivity index (χ0n) is 53.3. The van der Waals surface area contributed by atoms with Crippen LogP contribution in [0.4, 0.5) is 0 Å². The van der Waals surface area contributed by atoms with Crippen LogP contribution in [0, 0.1) is 21.7 Å². The molecule has 0 amide bonds. The molecule has 2 rings (SSSR count). The number of hydrogen-bond acceptors (Lipinski definition) is 14. The summed E-state index contributed by atoms with van der Waals surface area (Å²) in [5.41, 5.74) is -0.451. The van der Waals surface area contributed by atoms with Crippen molar-refractivity contribution in [3.63, 3.8) is 0 Å². The summed E-state index contributed by atoms with van der Waals surface area (Å²) < 4.78 is 0. The van der Waals surface area contributed by atoms with E-state index >= 15 is 0 Å². The Hall–Kier alpha value is -3.04. The Kier molecular flexibility index (Phi) is 48.7. The number of carboxylic acids is 4. The van der Waals surface area contributed by atoms with E-state index in [2.05, 4.69) is 51.3 Å². The van der Waals surface area contributed by atoms with Crippen LogP contribution in [0.2, 0.25) is 0 Å². The first-order valence-electron chi connectivity index (χ1n) is 25.9. The molecule has 0 aliphatic heterocycles. The van der Waals surface area contributed by atoms with Gasteiger partial charge >= 0.3 is 50.3 Å². The van der Waals surface area contributed by atoms with E-state index in [4.69, 9.17) is 0 Å². The second-order valence-electron chi connectivity index (χ2n) is 26.1.